The van der Waals surface area contributed by atoms with Gasteiger partial charge in [0.05, 0.1) is 6.54 Å². The van der Waals surface area contributed by atoms with Crippen molar-refractivity contribution in [3.05, 3.63) is 16.3 Å². The van der Waals surface area contributed by atoms with Crippen LogP contribution in [0.5, 0.6) is 5.75 Å². The van der Waals surface area contributed by atoms with Crippen LogP contribution in [0.15, 0.2) is 11.4 Å². The van der Waals surface area contributed by atoms with Crippen molar-refractivity contribution in [2.75, 3.05) is 13.2 Å². The van der Waals surface area contributed by atoms with Gasteiger partial charge < -0.3 is 15.2 Å². The zero-order chi connectivity index (χ0) is 14.9. The van der Waals surface area contributed by atoms with Crippen LogP contribution in [0.1, 0.15) is 23.5 Å². The second-order valence-corrected chi connectivity index (χ2v) is 5.72. The molecule has 0 aromatic carbocycles. The summed E-state index contributed by atoms with van der Waals surface area (Å²) in [7, 11) is 0. The minimum atomic E-state index is -1.01. The van der Waals surface area contributed by atoms with E-state index in [0.29, 0.717) is 5.75 Å². The Bertz CT molecular complexity index is 566. The molecule has 1 aliphatic rings. The lowest BCUT2D eigenvalue weighted by Crippen LogP contribution is -2.40. The molecule has 8 heteroatoms. The lowest BCUT2D eigenvalue weighted by Gasteiger charge is -2.15. The number of imide groups is 1. The number of carbonyl (C=O) groups excluding carboxylic acids is 2. The summed E-state index contributed by atoms with van der Waals surface area (Å²) >= 11 is 1.06. The summed E-state index contributed by atoms with van der Waals surface area (Å²) in [5.41, 5.74) is -0.893. The predicted molar refractivity (Wildman–Crippen MR) is 71.1 cm³/mol. The molecule has 1 aliphatic heterocycles. The highest BCUT2D eigenvalue weighted by Crippen LogP contribution is 2.22. The Morgan fingerprint density at radius 3 is 2.70 bits per heavy atom. The van der Waals surface area contributed by atoms with Gasteiger partial charge in [0.25, 0.3) is 5.91 Å². The molecule has 0 unspecified atom stereocenters. The van der Waals surface area contributed by atoms with Crippen molar-refractivity contribution in [2.45, 2.75) is 19.4 Å². The Morgan fingerprint density at radius 1 is 1.50 bits per heavy atom. The average molecular weight is 298 g/mol. The van der Waals surface area contributed by atoms with E-state index in [1.165, 1.54) is 6.07 Å². The van der Waals surface area contributed by atoms with Gasteiger partial charge in [-0.3, -0.25) is 9.69 Å². The number of nitrogens with zero attached hydrogens (tertiary/aromatic N) is 1. The number of carbonyl (C=O) groups is 3. The zero-order valence-electron chi connectivity index (χ0n) is 11.0. The third-order valence-corrected chi connectivity index (χ3v) is 3.71. The third-order valence-electron chi connectivity index (χ3n) is 2.81. The SMILES string of the molecule is CC1(C)NC(=O)N(CCOc2csc(C(=O)O)c2)C1=O. The molecule has 0 radical (unpaired) electrons. The van der Waals surface area contributed by atoms with Crippen LogP contribution in [-0.2, 0) is 4.79 Å². The van der Waals surface area contributed by atoms with Crippen LogP contribution >= 0.6 is 11.3 Å². The van der Waals surface area contributed by atoms with Gasteiger partial charge in [-0.15, -0.1) is 11.3 Å². The van der Waals surface area contributed by atoms with Crippen LogP contribution in [0.25, 0.3) is 0 Å². The molecular weight excluding hydrogens is 284 g/mol. The highest BCUT2D eigenvalue weighted by atomic mass is 32.1. The van der Waals surface area contributed by atoms with E-state index in [1.807, 2.05) is 0 Å². The molecule has 0 atom stereocenters. The van der Waals surface area contributed by atoms with E-state index in [2.05, 4.69) is 5.32 Å². The maximum absolute atomic E-state index is 11.9. The molecular formula is C12H14N2O5S. The summed E-state index contributed by atoms with van der Waals surface area (Å²) in [6, 6.07) is 0.961. The summed E-state index contributed by atoms with van der Waals surface area (Å²) in [5.74, 6) is -0.901. The molecule has 1 fully saturated rings. The molecule has 0 bridgehead atoms. The first-order valence-electron chi connectivity index (χ1n) is 5.90. The van der Waals surface area contributed by atoms with Gasteiger partial charge in [0.2, 0.25) is 0 Å². The van der Waals surface area contributed by atoms with Crippen LogP contribution < -0.4 is 10.1 Å². The molecule has 7 nitrogen and oxygen atoms in total. The number of thiophene rings is 1. The number of rotatable bonds is 5. The van der Waals surface area contributed by atoms with Crippen molar-refractivity contribution in [1.82, 2.24) is 10.2 Å². The molecule has 2 rings (SSSR count). The highest BCUT2D eigenvalue weighted by Gasteiger charge is 2.43. The Labute approximate surface area is 119 Å². The number of carboxylic acids is 1. The maximum Gasteiger partial charge on any atom is 0.346 e. The summed E-state index contributed by atoms with van der Waals surface area (Å²) < 4.78 is 5.34. The molecule has 20 heavy (non-hydrogen) atoms. The molecule has 0 aliphatic carbocycles. The van der Waals surface area contributed by atoms with E-state index in [4.69, 9.17) is 9.84 Å². The van der Waals surface area contributed by atoms with Crippen LogP contribution in [0.4, 0.5) is 4.79 Å². The summed E-state index contributed by atoms with van der Waals surface area (Å²) in [5, 5.41) is 12.9. The first-order valence-corrected chi connectivity index (χ1v) is 6.78. The van der Waals surface area contributed by atoms with Gasteiger partial charge in [-0.25, -0.2) is 9.59 Å². The highest BCUT2D eigenvalue weighted by molar-refractivity contribution is 7.12. The monoisotopic (exact) mass is 298 g/mol. The van der Waals surface area contributed by atoms with E-state index in [1.54, 1.807) is 19.2 Å². The van der Waals surface area contributed by atoms with Crippen molar-refractivity contribution in [3.8, 4) is 5.75 Å². The zero-order valence-corrected chi connectivity index (χ0v) is 11.8. The molecule has 1 aromatic heterocycles. The van der Waals surface area contributed by atoms with Crippen molar-refractivity contribution < 1.29 is 24.2 Å². The van der Waals surface area contributed by atoms with Crippen molar-refractivity contribution in [2.24, 2.45) is 0 Å². The predicted octanol–water partition coefficient (Wildman–Crippen LogP) is 1.16. The summed E-state index contributed by atoms with van der Waals surface area (Å²) in [6.45, 7) is 3.50. The molecule has 1 saturated heterocycles. The van der Waals surface area contributed by atoms with Gasteiger partial charge in [-0.2, -0.15) is 0 Å². The molecule has 2 heterocycles. The van der Waals surface area contributed by atoms with Crippen LogP contribution in [-0.4, -0.2) is 46.6 Å². The fourth-order valence-electron chi connectivity index (χ4n) is 1.78. The van der Waals surface area contributed by atoms with E-state index in [0.717, 1.165) is 16.2 Å². The number of amides is 3. The quantitative estimate of drug-likeness (QED) is 0.795. The molecule has 3 amide bonds. The van der Waals surface area contributed by atoms with Crippen LogP contribution in [0.2, 0.25) is 0 Å². The Hall–Kier alpha value is -2.09. The Balaban J connectivity index is 1.88. The van der Waals surface area contributed by atoms with Crippen molar-refractivity contribution >= 4 is 29.2 Å². The average Bonchev–Trinajstić information content (AvgIpc) is 2.88. The standard InChI is InChI=1S/C12H14N2O5S/c1-12(2)10(17)14(11(18)13-12)3-4-19-7-5-8(9(15)16)20-6-7/h5-6H,3-4H2,1-2H3,(H,13,18)(H,15,16). The van der Waals surface area contributed by atoms with Crippen LogP contribution in [0.3, 0.4) is 0 Å². The van der Waals surface area contributed by atoms with Gasteiger partial charge in [0.15, 0.2) is 0 Å². The number of urea groups is 1. The van der Waals surface area contributed by atoms with Gasteiger partial charge in [0, 0.05) is 11.4 Å². The third kappa shape index (κ3) is 2.74. The Morgan fingerprint density at radius 2 is 2.20 bits per heavy atom. The molecule has 108 valence electrons. The lowest BCUT2D eigenvalue weighted by molar-refractivity contribution is -0.130. The number of nitrogens with one attached hydrogen (secondary N) is 1. The summed E-state index contributed by atoms with van der Waals surface area (Å²) in [4.78, 5) is 35.5. The van der Waals surface area contributed by atoms with E-state index >= 15 is 0 Å². The fraction of sp³-hybridized carbons (Fsp3) is 0.417. The second kappa shape index (κ2) is 5.12. The number of hydrogen-bond donors (Lipinski definition) is 2. The number of ether oxygens (including phenoxy) is 1. The topological polar surface area (TPSA) is 95.9 Å². The smallest absolute Gasteiger partial charge is 0.346 e. The van der Waals surface area contributed by atoms with Crippen molar-refractivity contribution in [1.29, 1.82) is 0 Å². The van der Waals surface area contributed by atoms with Gasteiger partial charge in [0.1, 0.15) is 22.8 Å². The van der Waals surface area contributed by atoms with Gasteiger partial charge >= 0.3 is 12.0 Å². The molecule has 0 saturated carbocycles. The normalized spacial score (nSPS) is 17.2. The lowest BCUT2D eigenvalue weighted by atomic mass is 10.1. The minimum Gasteiger partial charge on any atom is -0.491 e. The molecule has 1 aromatic rings. The van der Waals surface area contributed by atoms with Gasteiger partial charge in [-0.05, 0) is 13.8 Å². The number of carboxylic acid groups (broad SMARTS) is 1. The van der Waals surface area contributed by atoms with E-state index in [-0.39, 0.29) is 23.9 Å². The first-order chi connectivity index (χ1) is 9.31. The van der Waals surface area contributed by atoms with Gasteiger partial charge in [-0.1, -0.05) is 0 Å². The van der Waals surface area contributed by atoms with Crippen molar-refractivity contribution in [3.63, 3.8) is 0 Å². The number of hydrogen-bond acceptors (Lipinski definition) is 5. The minimum absolute atomic E-state index is 0.116. The van der Waals surface area contributed by atoms with Crippen LogP contribution in [0, 0.1) is 0 Å². The Kier molecular flexibility index (Phi) is 3.67. The maximum atomic E-state index is 11.9. The number of aromatic carboxylic acids is 1. The van der Waals surface area contributed by atoms with E-state index < -0.39 is 17.5 Å². The molecule has 2 N–H and O–H groups in total. The summed E-state index contributed by atoms with van der Waals surface area (Å²) in [6.07, 6.45) is 0. The first kappa shape index (κ1) is 14.3. The van der Waals surface area contributed by atoms with E-state index in [9.17, 15) is 14.4 Å². The fourth-order valence-corrected chi connectivity index (χ4v) is 2.45. The second-order valence-electron chi connectivity index (χ2n) is 4.81. The largest absolute Gasteiger partial charge is 0.491 e. The molecule has 0 spiro atoms.